The lowest BCUT2D eigenvalue weighted by Crippen LogP contribution is -2.23. The highest BCUT2D eigenvalue weighted by atomic mass is 79.9. The number of rotatable bonds is 3. The monoisotopic (exact) mass is 337 g/mol. The Hall–Kier alpha value is -1.88. The van der Waals surface area contributed by atoms with Crippen LogP contribution in [0.4, 0.5) is 4.39 Å². The van der Waals surface area contributed by atoms with Crippen LogP contribution in [0.2, 0.25) is 0 Å². The Balaban J connectivity index is 2.08. The molecule has 104 valence electrons. The maximum absolute atomic E-state index is 13.5. The van der Waals surface area contributed by atoms with E-state index in [9.17, 15) is 14.3 Å². The molecule has 0 aliphatic heterocycles. The lowest BCUT2D eigenvalue weighted by molar-refractivity contribution is 0.0950. The molecule has 0 aromatic heterocycles. The minimum absolute atomic E-state index is 0.101. The Morgan fingerprint density at radius 1 is 1.30 bits per heavy atom. The third kappa shape index (κ3) is 3.36. The van der Waals surface area contributed by atoms with Crippen LogP contribution in [0.1, 0.15) is 21.5 Å². The molecule has 0 radical (unpaired) electrons. The number of aromatic hydroxyl groups is 1. The summed E-state index contributed by atoms with van der Waals surface area (Å²) in [4.78, 5) is 12.0. The van der Waals surface area contributed by atoms with Gasteiger partial charge in [-0.25, -0.2) is 4.39 Å². The van der Waals surface area contributed by atoms with E-state index in [-0.39, 0.29) is 24.0 Å². The molecule has 0 heterocycles. The molecule has 2 aromatic rings. The van der Waals surface area contributed by atoms with E-state index in [1.54, 1.807) is 25.1 Å². The van der Waals surface area contributed by atoms with Gasteiger partial charge in [-0.3, -0.25) is 4.79 Å². The van der Waals surface area contributed by atoms with Crippen LogP contribution >= 0.6 is 15.9 Å². The van der Waals surface area contributed by atoms with E-state index >= 15 is 0 Å². The van der Waals surface area contributed by atoms with Gasteiger partial charge in [-0.2, -0.15) is 0 Å². The van der Waals surface area contributed by atoms with Gasteiger partial charge in [0.25, 0.3) is 5.91 Å². The Morgan fingerprint density at radius 2 is 2.05 bits per heavy atom. The van der Waals surface area contributed by atoms with Gasteiger partial charge in [0.2, 0.25) is 0 Å². The molecule has 0 bridgehead atoms. The van der Waals surface area contributed by atoms with Gasteiger partial charge < -0.3 is 10.4 Å². The van der Waals surface area contributed by atoms with Crippen molar-refractivity contribution in [1.82, 2.24) is 5.32 Å². The van der Waals surface area contributed by atoms with Gasteiger partial charge in [-0.15, -0.1) is 0 Å². The molecule has 0 spiro atoms. The smallest absolute Gasteiger partial charge is 0.251 e. The summed E-state index contributed by atoms with van der Waals surface area (Å²) in [6.07, 6.45) is 0. The highest BCUT2D eigenvalue weighted by molar-refractivity contribution is 9.10. The lowest BCUT2D eigenvalue weighted by Gasteiger charge is -2.08. The molecule has 5 heteroatoms. The maximum atomic E-state index is 13.5. The summed E-state index contributed by atoms with van der Waals surface area (Å²) in [6.45, 7) is 1.81. The molecule has 0 atom stereocenters. The van der Waals surface area contributed by atoms with Gasteiger partial charge in [0.05, 0.1) is 0 Å². The van der Waals surface area contributed by atoms with Crippen molar-refractivity contribution in [3.8, 4) is 5.75 Å². The highest BCUT2D eigenvalue weighted by Gasteiger charge is 2.09. The Kier molecular flexibility index (Phi) is 4.39. The summed E-state index contributed by atoms with van der Waals surface area (Å²) in [5.74, 6) is -0.539. The first-order valence-corrected chi connectivity index (χ1v) is 6.78. The molecular weight excluding hydrogens is 325 g/mol. The van der Waals surface area contributed by atoms with Crippen molar-refractivity contribution < 1.29 is 14.3 Å². The molecular formula is C15H13BrFNO2. The molecule has 2 N–H and O–H groups in total. The summed E-state index contributed by atoms with van der Waals surface area (Å²) in [6, 6.07) is 9.14. The third-order valence-corrected chi connectivity index (χ3v) is 3.40. The van der Waals surface area contributed by atoms with Gasteiger partial charge in [-0.1, -0.05) is 15.9 Å². The zero-order valence-corrected chi connectivity index (χ0v) is 12.4. The Bertz CT molecular complexity index is 658. The number of benzene rings is 2. The van der Waals surface area contributed by atoms with Crippen molar-refractivity contribution >= 4 is 21.8 Å². The first kappa shape index (κ1) is 14.5. The van der Waals surface area contributed by atoms with Gasteiger partial charge in [0.1, 0.15) is 11.6 Å². The second kappa shape index (κ2) is 6.05. The van der Waals surface area contributed by atoms with Gasteiger partial charge in [0, 0.05) is 22.1 Å². The van der Waals surface area contributed by atoms with E-state index in [1.165, 1.54) is 18.2 Å². The number of aryl methyl sites for hydroxylation is 1. The zero-order chi connectivity index (χ0) is 14.7. The number of carbonyl (C=O) groups is 1. The van der Waals surface area contributed by atoms with E-state index in [2.05, 4.69) is 21.2 Å². The van der Waals surface area contributed by atoms with Gasteiger partial charge in [0.15, 0.2) is 0 Å². The van der Waals surface area contributed by atoms with E-state index in [1.807, 2.05) is 0 Å². The van der Waals surface area contributed by atoms with E-state index < -0.39 is 0 Å². The predicted molar refractivity (Wildman–Crippen MR) is 78.1 cm³/mol. The number of carbonyl (C=O) groups excluding carboxylic acids is 1. The average Bonchev–Trinajstić information content (AvgIpc) is 2.42. The first-order chi connectivity index (χ1) is 9.47. The molecule has 0 aliphatic carbocycles. The van der Waals surface area contributed by atoms with Crippen LogP contribution in [0, 0.1) is 12.7 Å². The number of nitrogens with one attached hydrogen (secondary N) is 1. The molecule has 2 aromatic carbocycles. The molecule has 0 saturated heterocycles. The number of phenolic OH excluding ortho intramolecular Hbond substituents is 1. The summed E-state index contributed by atoms with van der Waals surface area (Å²) in [5, 5.41) is 12.1. The average molecular weight is 338 g/mol. The predicted octanol–water partition coefficient (Wildman–Crippen LogP) is 3.53. The number of phenols is 1. The van der Waals surface area contributed by atoms with Crippen molar-refractivity contribution in [2.75, 3.05) is 0 Å². The summed E-state index contributed by atoms with van der Waals surface area (Å²) in [7, 11) is 0. The summed E-state index contributed by atoms with van der Waals surface area (Å²) < 4.78 is 14.3. The summed E-state index contributed by atoms with van der Waals surface area (Å²) >= 11 is 3.26. The van der Waals surface area contributed by atoms with Crippen molar-refractivity contribution in [1.29, 1.82) is 0 Å². The third-order valence-electron chi connectivity index (χ3n) is 2.91. The van der Waals surface area contributed by atoms with E-state index in [0.29, 0.717) is 16.7 Å². The molecule has 20 heavy (non-hydrogen) atoms. The fourth-order valence-electron chi connectivity index (χ4n) is 1.75. The molecule has 2 rings (SSSR count). The number of hydrogen-bond acceptors (Lipinski definition) is 2. The first-order valence-electron chi connectivity index (χ1n) is 5.99. The van der Waals surface area contributed by atoms with E-state index in [4.69, 9.17) is 0 Å². The molecule has 3 nitrogen and oxygen atoms in total. The highest BCUT2D eigenvalue weighted by Crippen LogP contribution is 2.18. The van der Waals surface area contributed by atoms with Crippen molar-refractivity contribution in [2.45, 2.75) is 13.5 Å². The van der Waals surface area contributed by atoms with Crippen LogP contribution in [0.25, 0.3) is 0 Å². The van der Waals surface area contributed by atoms with E-state index in [0.717, 1.165) is 4.47 Å². The fraction of sp³-hybridized carbons (Fsp3) is 0.133. The van der Waals surface area contributed by atoms with Gasteiger partial charge >= 0.3 is 0 Å². The lowest BCUT2D eigenvalue weighted by atomic mass is 10.1. The van der Waals surface area contributed by atoms with Crippen LogP contribution in [-0.2, 0) is 6.54 Å². The number of hydrogen-bond donors (Lipinski definition) is 2. The number of amides is 1. The van der Waals surface area contributed by atoms with Crippen molar-refractivity contribution in [2.24, 2.45) is 0 Å². The topological polar surface area (TPSA) is 49.3 Å². The van der Waals surface area contributed by atoms with Crippen molar-refractivity contribution in [3.05, 3.63) is 63.4 Å². The normalized spacial score (nSPS) is 10.3. The van der Waals surface area contributed by atoms with Crippen molar-refractivity contribution in [3.63, 3.8) is 0 Å². The van der Waals surface area contributed by atoms with Gasteiger partial charge in [-0.05, 0) is 48.9 Å². The van der Waals surface area contributed by atoms with Crippen LogP contribution in [0.5, 0.6) is 5.75 Å². The second-order valence-electron chi connectivity index (χ2n) is 4.42. The zero-order valence-electron chi connectivity index (χ0n) is 10.8. The van der Waals surface area contributed by atoms with Crippen LogP contribution in [-0.4, -0.2) is 11.0 Å². The molecule has 1 amide bonds. The maximum Gasteiger partial charge on any atom is 0.251 e. The minimum Gasteiger partial charge on any atom is -0.508 e. The quantitative estimate of drug-likeness (QED) is 0.900. The molecule has 0 saturated carbocycles. The Morgan fingerprint density at radius 3 is 2.75 bits per heavy atom. The van der Waals surface area contributed by atoms with Crippen LogP contribution in [0.15, 0.2) is 40.9 Å². The fourth-order valence-corrected chi connectivity index (χ4v) is 2.16. The SMILES string of the molecule is Cc1cc(C(=O)NCc2cc(Br)ccc2F)ccc1O. The minimum atomic E-state index is -0.365. The second-order valence-corrected chi connectivity index (χ2v) is 5.34. The molecule has 0 aliphatic rings. The Labute approximate surface area is 124 Å². The standard InChI is InChI=1S/C15H13BrFNO2/c1-9-6-10(2-5-14(9)19)15(20)18-8-11-7-12(16)3-4-13(11)17/h2-7,19H,8H2,1H3,(H,18,20). The molecule has 0 unspecified atom stereocenters. The molecule has 0 fully saturated rings. The van der Waals surface area contributed by atoms with Crippen LogP contribution < -0.4 is 5.32 Å². The number of halogens is 2. The van der Waals surface area contributed by atoms with Crippen LogP contribution in [0.3, 0.4) is 0 Å². The summed E-state index contributed by atoms with van der Waals surface area (Å²) in [5.41, 5.74) is 1.45. The largest absolute Gasteiger partial charge is 0.508 e.